The molecular weight excluding hydrogens is 472 g/mol. The van der Waals surface area contributed by atoms with Crippen LogP contribution in [0.5, 0.6) is 5.75 Å². The third-order valence-corrected chi connectivity index (χ3v) is 5.92. The molecule has 190 valence electrons. The van der Waals surface area contributed by atoms with E-state index in [4.69, 9.17) is 9.47 Å². The van der Waals surface area contributed by atoms with Gasteiger partial charge in [-0.25, -0.2) is 4.79 Å². The van der Waals surface area contributed by atoms with Gasteiger partial charge < -0.3 is 14.6 Å². The molecule has 1 N–H and O–H groups in total. The molecule has 1 atom stereocenters. The summed E-state index contributed by atoms with van der Waals surface area (Å²) in [6, 6.07) is 13.8. The van der Waals surface area contributed by atoms with Crippen LogP contribution in [0.15, 0.2) is 72.6 Å². The van der Waals surface area contributed by atoms with Gasteiger partial charge in [-0.05, 0) is 87.4 Å². The number of Topliss-reactive ketones (excluding diaryl/α,β-unsaturated/α-hetero) is 1. The first-order valence-electron chi connectivity index (χ1n) is 12.0. The summed E-state index contributed by atoms with van der Waals surface area (Å²) in [7, 11) is 0. The van der Waals surface area contributed by atoms with Gasteiger partial charge in [0.1, 0.15) is 11.5 Å². The number of aryl methyl sites for hydroxylation is 1. The number of esters is 1. The van der Waals surface area contributed by atoms with Crippen LogP contribution in [0.2, 0.25) is 0 Å². The van der Waals surface area contributed by atoms with Gasteiger partial charge in [-0.1, -0.05) is 6.07 Å². The molecule has 2 heterocycles. The Morgan fingerprint density at radius 1 is 1.08 bits per heavy atom. The average molecular weight is 501 g/mol. The summed E-state index contributed by atoms with van der Waals surface area (Å²) in [5.41, 5.74) is 2.37. The Kier molecular flexibility index (Phi) is 7.38. The van der Waals surface area contributed by atoms with Crippen LogP contribution in [0.25, 0.3) is 5.76 Å². The van der Waals surface area contributed by atoms with Gasteiger partial charge in [0.05, 0.1) is 29.9 Å². The number of carbonyl (C=O) groups excluding carboxylic acids is 3. The molecule has 4 rings (SSSR count). The highest BCUT2D eigenvalue weighted by atomic mass is 16.5. The maximum absolute atomic E-state index is 13.3. The molecule has 1 fully saturated rings. The minimum absolute atomic E-state index is 0.0511. The third-order valence-electron chi connectivity index (χ3n) is 5.92. The summed E-state index contributed by atoms with van der Waals surface area (Å²) in [6.07, 6.45) is 2.86. The molecule has 2 aromatic carbocycles. The van der Waals surface area contributed by atoms with Gasteiger partial charge in [0.15, 0.2) is 0 Å². The van der Waals surface area contributed by atoms with Crippen molar-refractivity contribution >= 4 is 29.1 Å². The minimum Gasteiger partial charge on any atom is -0.507 e. The number of ether oxygens (including phenoxy) is 2. The SMILES string of the molecule is CCOc1ccc(/C(O)=C2/C(=O)C(=O)N(c3ccc(C(=O)OC(C)C)cc3)C2c2cccnc2)cc1C. The highest BCUT2D eigenvalue weighted by Gasteiger charge is 2.47. The summed E-state index contributed by atoms with van der Waals surface area (Å²) in [6.45, 7) is 7.72. The maximum Gasteiger partial charge on any atom is 0.338 e. The zero-order valence-corrected chi connectivity index (χ0v) is 21.1. The van der Waals surface area contributed by atoms with E-state index in [1.54, 1.807) is 68.7 Å². The van der Waals surface area contributed by atoms with E-state index in [1.807, 2.05) is 13.8 Å². The monoisotopic (exact) mass is 500 g/mol. The second kappa shape index (κ2) is 10.7. The lowest BCUT2D eigenvalue weighted by molar-refractivity contribution is -0.132. The number of nitrogens with zero attached hydrogens (tertiary/aromatic N) is 2. The summed E-state index contributed by atoms with van der Waals surface area (Å²) >= 11 is 0. The first-order chi connectivity index (χ1) is 17.7. The summed E-state index contributed by atoms with van der Waals surface area (Å²) in [5.74, 6) is -1.73. The molecule has 0 saturated carbocycles. The van der Waals surface area contributed by atoms with Crippen molar-refractivity contribution in [2.75, 3.05) is 11.5 Å². The van der Waals surface area contributed by atoms with Crippen LogP contribution in [-0.4, -0.2) is 40.5 Å². The number of pyridine rings is 1. The lowest BCUT2D eigenvalue weighted by Gasteiger charge is -2.25. The van der Waals surface area contributed by atoms with E-state index in [0.717, 1.165) is 5.56 Å². The van der Waals surface area contributed by atoms with Gasteiger partial charge in [-0.2, -0.15) is 0 Å². The van der Waals surface area contributed by atoms with E-state index in [0.29, 0.717) is 34.7 Å². The van der Waals surface area contributed by atoms with E-state index in [9.17, 15) is 19.5 Å². The van der Waals surface area contributed by atoms with Crippen LogP contribution in [0.4, 0.5) is 5.69 Å². The molecule has 1 aliphatic rings. The zero-order valence-electron chi connectivity index (χ0n) is 21.1. The largest absolute Gasteiger partial charge is 0.507 e. The lowest BCUT2D eigenvalue weighted by atomic mass is 9.95. The smallest absolute Gasteiger partial charge is 0.338 e. The fraction of sp³-hybridized carbons (Fsp3) is 0.241. The lowest BCUT2D eigenvalue weighted by Crippen LogP contribution is -2.29. The molecule has 37 heavy (non-hydrogen) atoms. The Hall–Kier alpha value is -4.46. The number of hydrogen-bond donors (Lipinski definition) is 1. The highest BCUT2D eigenvalue weighted by Crippen LogP contribution is 2.42. The van der Waals surface area contributed by atoms with Crippen molar-refractivity contribution in [3.63, 3.8) is 0 Å². The minimum atomic E-state index is -0.922. The van der Waals surface area contributed by atoms with Gasteiger partial charge in [0, 0.05) is 23.6 Å². The Morgan fingerprint density at radius 2 is 1.78 bits per heavy atom. The quantitative estimate of drug-likeness (QED) is 0.211. The fourth-order valence-electron chi connectivity index (χ4n) is 4.26. The number of anilines is 1. The molecule has 1 aliphatic heterocycles. The molecule has 8 nitrogen and oxygen atoms in total. The van der Waals surface area contributed by atoms with Crippen LogP contribution >= 0.6 is 0 Å². The summed E-state index contributed by atoms with van der Waals surface area (Å²) < 4.78 is 10.8. The summed E-state index contributed by atoms with van der Waals surface area (Å²) in [4.78, 5) is 44.3. The molecule has 0 radical (unpaired) electrons. The van der Waals surface area contributed by atoms with Crippen molar-refractivity contribution in [2.45, 2.75) is 39.8 Å². The Morgan fingerprint density at radius 3 is 2.38 bits per heavy atom. The van der Waals surface area contributed by atoms with Crippen molar-refractivity contribution in [1.29, 1.82) is 0 Å². The first-order valence-corrected chi connectivity index (χ1v) is 12.0. The predicted octanol–water partition coefficient (Wildman–Crippen LogP) is 4.98. The van der Waals surface area contributed by atoms with E-state index >= 15 is 0 Å². The van der Waals surface area contributed by atoms with Crippen LogP contribution in [0.1, 0.15) is 53.9 Å². The Bertz CT molecular complexity index is 1360. The highest BCUT2D eigenvalue weighted by molar-refractivity contribution is 6.51. The molecule has 8 heteroatoms. The molecule has 3 aromatic rings. The first kappa shape index (κ1) is 25.6. The number of ketones is 1. The topological polar surface area (TPSA) is 106 Å². The van der Waals surface area contributed by atoms with Gasteiger partial charge in [-0.3, -0.25) is 19.5 Å². The van der Waals surface area contributed by atoms with Gasteiger partial charge in [0.2, 0.25) is 0 Å². The van der Waals surface area contributed by atoms with Crippen molar-refractivity contribution in [3.05, 3.63) is 94.8 Å². The number of benzene rings is 2. The normalized spacial score (nSPS) is 16.8. The van der Waals surface area contributed by atoms with E-state index in [-0.39, 0.29) is 17.4 Å². The number of rotatable bonds is 7. The van der Waals surface area contributed by atoms with Gasteiger partial charge in [-0.15, -0.1) is 0 Å². The number of hydrogen-bond acceptors (Lipinski definition) is 7. The fourth-order valence-corrected chi connectivity index (χ4v) is 4.26. The maximum atomic E-state index is 13.3. The Labute approximate surface area is 215 Å². The van der Waals surface area contributed by atoms with E-state index in [1.165, 1.54) is 17.0 Å². The zero-order chi connectivity index (χ0) is 26.7. The molecule has 1 aromatic heterocycles. The van der Waals surface area contributed by atoms with Gasteiger partial charge in [0.25, 0.3) is 11.7 Å². The van der Waals surface area contributed by atoms with Crippen LogP contribution in [-0.2, 0) is 14.3 Å². The van der Waals surface area contributed by atoms with E-state index < -0.39 is 23.7 Å². The van der Waals surface area contributed by atoms with Crippen LogP contribution < -0.4 is 9.64 Å². The molecule has 1 saturated heterocycles. The van der Waals surface area contributed by atoms with Gasteiger partial charge >= 0.3 is 5.97 Å². The molecular formula is C29H28N2O6. The number of aliphatic hydroxyl groups is 1. The third kappa shape index (κ3) is 5.09. The summed E-state index contributed by atoms with van der Waals surface area (Å²) in [5, 5.41) is 11.3. The average Bonchev–Trinajstić information content (AvgIpc) is 3.15. The molecule has 1 amide bonds. The molecule has 0 aliphatic carbocycles. The molecule has 0 bridgehead atoms. The Balaban J connectivity index is 1.81. The van der Waals surface area contributed by atoms with Crippen molar-refractivity contribution < 1.29 is 29.0 Å². The van der Waals surface area contributed by atoms with Crippen LogP contribution in [0.3, 0.4) is 0 Å². The van der Waals surface area contributed by atoms with E-state index in [2.05, 4.69) is 4.98 Å². The number of amides is 1. The van der Waals surface area contributed by atoms with Crippen molar-refractivity contribution in [2.24, 2.45) is 0 Å². The molecule has 0 spiro atoms. The van der Waals surface area contributed by atoms with Crippen LogP contribution in [0, 0.1) is 6.92 Å². The number of carbonyl (C=O) groups is 3. The standard InChI is InChI=1S/C29H28N2O6/c1-5-36-23-13-10-20(15-18(23)4)26(32)24-25(21-7-6-14-30-16-21)31(28(34)27(24)33)22-11-8-19(9-12-22)29(35)37-17(2)3/h6-17,25,32H,5H2,1-4H3/b26-24-. The number of aliphatic hydroxyl groups excluding tert-OH is 1. The predicted molar refractivity (Wildman–Crippen MR) is 138 cm³/mol. The van der Waals surface area contributed by atoms with Crippen molar-refractivity contribution in [3.8, 4) is 5.75 Å². The molecule has 1 unspecified atom stereocenters. The number of aromatic nitrogens is 1. The van der Waals surface area contributed by atoms with Crippen molar-refractivity contribution in [1.82, 2.24) is 4.98 Å². The second-order valence-electron chi connectivity index (χ2n) is 8.87. The second-order valence-corrected chi connectivity index (χ2v) is 8.87.